The van der Waals surface area contributed by atoms with Crippen molar-refractivity contribution in [1.82, 2.24) is 0 Å². The Morgan fingerprint density at radius 2 is 1.84 bits per heavy atom. The number of nitrogens with zero attached hydrogens (tertiary/aromatic N) is 1. The Morgan fingerprint density at radius 3 is 2.44 bits per heavy atom. The first-order chi connectivity index (χ1) is 12.0. The average Bonchev–Trinajstić information content (AvgIpc) is 3.36. The molecular formula is C19H23NO5. The molecule has 134 valence electrons. The first-order valence-corrected chi connectivity index (χ1v) is 8.10. The van der Waals surface area contributed by atoms with E-state index in [0.717, 1.165) is 11.1 Å². The number of allylic oxidation sites excluding steroid dienone is 1. The third-order valence-electron chi connectivity index (χ3n) is 4.29. The normalized spacial score (nSPS) is 18.7. The Labute approximate surface area is 147 Å². The molecule has 1 fully saturated rings. The summed E-state index contributed by atoms with van der Waals surface area (Å²) in [5, 5.41) is 3.92. The van der Waals surface area contributed by atoms with Crippen LogP contribution in [0.3, 0.4) is 0 Å². The largest absolute Gasteiger partial charge is 0.468 e. The first kappa shape index (κ1) is 18.7. The minimum Gasteiger partial charge on any atom is -0.468 e. The number of oxime groups is 1. The van der Waals surface area contributed by atoms with Crippen molar-refractivity contribution in [3.63, 3.8) is 0 Å². The summed E-state index contributed by atoms with van der Waals surface area (Å²) in [6, 6.07) is 9.91. The van der Waals surface area contributed by atoms with Crippen LogP contribution in [0, 0.1) is 11.3 Å². The maximum Gasteiger partial charge on any atom is 0.323 e. The standard InChI is InChI=1S/C19H23NO5/c1-14(11-15-7-5-4-6-8-15)13-20-25-10-9-16-12-19(16,17(21)23-2)18(22)24-3/h4-8,11,13,16H,9-10,12H2,1-3H3/b14-11+,20-13+/t16-/m1/s1. The fourth-order valence-corrected chi connectivity index (χ4v) is 2.84. The van der Waals surface area contributed by atoms with E-state index >= 15 is 0 Å². The van der Waals surface area contributed by atoms with E-state index in [4.69, 9.17) is 14.3 Å². The van der Waals surface area contributed by atoms with E-state index in [1.807, 2.05) is 43.3 Å². The average molecular weight is 345 g/mol. The van der Waals surface area contributed by atoms with Crippen molar-refractivity contribution in [2.45, 2.75) is 19.8 Å². The van der Waals surface area contributed by atoms with Crippen LogP contribution in [-0.4, -0.2) is 39.0 Å². The molecule has 0 saturated heterocycles. The van der Waals surface area contributed by atoms with Gasteiger partial charge in [-0.05, 0) is 36.8 Å². The molecular weight excluding hydrogens is 322 g/mol. The number of methoxy groups -OCH3 is 2. The number of rotatable bonds is 8. The molecule has 0 radical (unpaired) electrons. The van der Waals surface area contributed by atoms with Crippen LogP contribution in [0.1, 0.15) is 25.3 Å². The summed E-state index contributed by atoms with van der Waals surface area (Å²) in [5.41, 5.74) is 0.876. The van der Waals surface area contributed by atoms with E-state index in [-0.39, 0.29) is 5.92 Å². The SMILES string of the molecule is COC(=O)C1(C(=O)OC)C[C@H]1CCO/N=C/C(C)=C/c1ccccc1. The van der Waals surface area contributed by atoms with Gasteiger partial charge in [0.05, 0.1) is 20.4 Å². The Hall–Kier alpha value is -2.63. The molecule has 0 aliphatic heterocycles. The molecule has 1 aliphatic rings. The Morgan fingerprint density at radius 1 is 1.20 bits per heavy atom. The molecule has 0 amide bonds. The lowest BCUT2D eigenvalue weighted by Gasteiger charge is -2.11. The number of carbonyl (C=O) groups excluding carboxylic acids is 2. The van der Waals surface area contributed by atoms with Crippen LogP contribution in [0.5, 0.6) is 0 Å². The van der Waals surface area contributed by atoms with Gasteiger partial charge in [0.2, 0.25) is 0 Å². The van der Waals surface area contributed by atoms with Crippen molar-refractivity contribution in [2.75, 3.05) is 20.8 Å². The van der Waals surface area contributed by atoms with Gasteiger partial charge in [0.15, 0.2) is 5.41 Å². The number of carbonyl (C=O) groups is 2. The third kappa shape index (κ3) is 4.47. The smallest absolute Gasteiger partial charge is 0.323 e. The highest BCUT2D eigenvalue weighted by Gasteiger charge is 2.67. The van der Waals surface area contributed by atoms with Crippen LogP contribution in [0.25, 0.3) is 6.08 Å². The number of esters is 2. The van der Waals surface area contributed by atoms with Crippen molar-refractivity contribution in [2.24, 2.45) is 16.5 Å². The lowest BCUT2D eigenvalue weighted by atomic mass is 10.0. The van der Waals surface area contributed by atoms with E-state index in [1.54, 1.807) is 6.21 Å². The molecule has 2 rings (SSSR count). The van der Waals surface area contributed by atoms with E-state index < -0.39 is 17.4 Å². The maximum absolute atomic E-state index is 11.9. The summed E-state index contributed by atoms with van der Waals surface area (Å²) in [7, 11) is 2.54. The first-order valence-electron chi connectivity index (χ1n) is 8.10. The summed E-state index contributed by atoms with van der Waals surface area (Å²) in [6.45, 7) is 2.25. The summed E-state index contributed by atoms with van der Waals surface area (Å²) in [6.07, 6.45) is 4.58. The van der Waals surface area contributed by atoms with Crippen LogP contribution in [0.4, 0.5) is 0 Å². The van der Waals surface area contributed by atoms with Gasteiger partial charge >= 0.3 is 11.9 Å². The van der Waals surface area contributed by atoms with E-state index in [1.165, 1.54) is 14.2 Å². The van der Waals surface area contributed by atoms with Gasteiger partial charge < -0.3 is 14.3 Å². The van der Waals surface area contributed by atoms with Crippen molar-refractivity contribution in [3.8, 4) is 0 Å². The summed E-state index contributed by atoms with van der Waals surface area (Å²) in [4.78, 5) is 29.0. The van der Waals surface area contributed by atoms with Crippen LogP contribution in [0.2, 0.25) is 0 Å². The lowest BCUT2D eigenvalue weighted by Crippen LogP contribution is -2.30. The molecule has 1 aromatic rings. The zero-order valence-electron chi connectivity index (χ0n) is 14.7. The van der Waals surface area contributed by atoms with Gasteiger partial charge in [0.25, 0.3) is 0 Å². The van der Waals surface area contributed by atoms with Gasteiger partial charge in [-0.2, -0.15) is 0 Å². The highest BCUT2D eigenvalue weighted by molar-refractivity contribution is 6.03. The molecule has 25 heavy (non-hydrogen) atoms. The summed E-state index contributed by atoms with van der Waals surface area (Å²) in [5.74, 6) is -1.23. The topological polar surface area (TPSA) is 74.2 Å². The van der Waals surface area contributed by atoms with Crippen LogP contribution in [-0.2, 0) is 23.9 Å². The van der Waals surface area contributed by atoms with Gasteiger partial charge in [-0.15, -0.1) is 0 Å². The monoisotopic (exact) mass is 345 g/mol. The van der Waals surface area contributed by atoms with Crippen LogP contribution >= 0.6 is 0 Å². The zero-order valence-corrected chi connectivity index (χ0v) is 14.7. The predicted molar refractivity (Wildman–Crippen MR) is 93.7 cm³/mol. The van der Waals surface area contributed by atoms with Crippen LogP contribution in [0.15, 0.2) is 41.1 Å². The molecule has 0 spiro atoms. The second kappa shape index (κ2) is 8.46. The van der Waals surface area contributed by atoms with E-state index in [0.29, 0.717) is 19.4 Å². The Bertz CT molecular complexity index is 650. The number of hydrogen-bond acceptors (Lipinski definition) is 6. The van der Waals surface area contributed by atoms with Gasteiger partial charge in [-0.25, -0.2) is 0 Å². The molecule has 0 heterocycles. The number of ether oxygens (including phenoxy) is 2. The van der Waals surface area contributed by atoms with Gasteiger partial charge in [-0.3, -0.25) is 9.59 Å². The third-order valence-corrected chi connectivity index (χ3v) is 4.29. The predicted octanol–water partition coefficient (Wildman–Crippen LogP) is 2.83. The molecule has 6 nitrogen and oxygen atoms in total. The summed E-state index contributed by atoms with van der Waals surface area (Å²) >= 11 is 0. The maximum atomic E-state index is 11.9. The Balaban J connectivity index is 1.79. The molecule has 1 aliphatic carbocycles. The minimum absolute atomic E-state index is 0.136. The minimum atomic E-state index is -1.17. The number of hydrogen-bond donors (Lipinski definition) is 0. The molecule has 0 N–H and O–H groups in total. The van der Waals surface area contributed by atoms with Gasteiger partial charge in [-0.1, -0.05) is 41.6 Å². The van der Waals surface area contributed by atoms with Crippen LogP contribution < -0.4 is 0 Å². The van der Waals surface area contributed by atoms with Gasteiger partial charge in [0, 0.05) is 0 Å². The van der Waals surface area contributed by atoms with E-state index in [2.05, 4.69) is 5.16 Å². The zero-order chi connectivity index (χ0) is 18.3. The highest BCUT2D eigenvalue weighted by atomic mass is 16.6. The van der Waals surface area contributed by atoms with Crippen molar-refractivity contribution >= 4 is 24.2 Å². The van der Waals surface area contributed by atoms with E-state index in [9.17, 15) is 9.59 Å². The second-order valence-corrected chi connectivity index (χ2v) is 6.01. The summed E-state index contributed by atoms with van der Waals surface area (Å²) < 4.78 is 9.46. The quantitative estimate of drug-likeness (QED) is 0.238. The van der Waals surface area contributed by atoms with Crippen molar-refractivity contribution in [3.05, 3.63) is 41.5 Å². The highest BCUT2D eigenvalue weighted by Crippen LogP contribution is 2.56. The van der Waals surface area contributed by atoms with Crippen molar-refractivity contribution < 1.29 is 23.9 Å². The van der Waals surface area contributed by atoms with Crippen molar-refractivity contribution in [1.29, 1.82) is 0 Å². The molecule has 1 aromatic carbocycles. The fourth-order valence-electron chi connectivity index (χ4n) is 2.84. The fraction of sp³-hybridized carbons (Fsp3) is 0.421. The molecule has 0 aromatic heterocycles. The van der Waals surface area contributed by atoms with Gasteiger partial charge in [0.1, 0.15) is 6.61 Å². The molecule has 6 heteroatoms. The Kier molecular flexibility index (Phi) is 6.33. The molecule has 1 atom stereocenters. The molecule has 0 bridgehead atoms. The lowest BCUT2D eigenvalue weighted by molar-refractivity contribution is -0.162. The number of benzene rings is 1. The second-order valence-electron chi connectivity index (χ2n) is 6.01. The molecule has 0 unspecified atom stereocenters. The molecule has 1 saturated carbocycles.